The van der Waals surface area contributed by atoms with Gasteiger partial charge in [0.1, 0.15) is 11.6 Å². The summed E-state index contributed by atoms with van der Waals surface area (Å²) < 4.78 is 16.0. The van der Waals surface area contributed by atoms with Gasteiger partial charge in [-0.05, 0) is 36.4 Å². The lowest BCUT2D eigenvalue weighted by atomic mass is 10.1. The first kappa shape index (κ1) is 17.8. The van der Waals surface area contributed by atoms with Gasteiger partial charge < -0.3 is 9.88 Å². The number of hydrogen-bond donors (Lipinski definition) is 1. The summed E-state index contributed by atoms with van der Waals surface area (Å²) in [7, 11) is 0. The van der Waals surface area contributed by atoms with Gasteiger partial charge in [0.25, 0.3) is 5.91 Å². The molecule has 1 aliphatic heterocycles. The number of rotatable bonds is 4. The van der Waals surface area contributed by atoms with E-state index in [1.165, 1.54) is 23.5 Å². The quantitative estimate of drug-likeness (QED) is 0.525. The number of imidazole rings is 1. The van der Waals surface area contributed by atoms with E-state index >= 15 is 0 Å². The van der Waals surface area contributed by atoms with Crippen LogP contribution in [0.3, 0.4) is 0 Å². The average molecular weight is 405 g/mol. The highest BCUT2D eigenvalue weighted by molar-refractivity contribution is 7.14. The van der Waals surface area contributed by atoms with Crippen LogP contribution in [0, 0.1) is 5.82 Å². The molecule has 0 saturated heterocycles. The molecule has 5 rings (SSSR count). The number of benzene rings is 2. The second kappa shape index (κ2) is 6.93. The summed E-state index contributed by atoms with van der Waals surface area (Å²) in [5.41, 5.74) is 2.33. The fourth-order valence-corrected chi connectivity index (χ4v) is 4.66. The Bertz CT molecular complexity index is 1270. The van der Waals surface area contributed by atoms with Gasteiger partial charge in [0.15, 0.2) is 0 Å². The lowest BCUT2D eigenvalue weighted by molar-refractivity contribution is 0.0956. The number of amides is 1. The van der Waals surface area contributed by atoms with E-state index < -0.39 is 5.82 Å². The van der Waals surface area contributed by atoms with Crippen LogP contribution in [0.5, 0.6) is 0 Å². The van der Waals surface area contributed by atoms with E-state index in [2.05, 4.69) is 9.88 Å². The molecule has 5 nitrogen and oxygen atoms in total. The van der Waals surface area contributed by atoms with Crippen LogP contribution in [0.4, 0.5) is 4.39 Å². The van der Waals surface area contributed by atoms with Gasteiger partial charge in [0.05, 0.1) is 27.0 Å². The molecule has 0 bridgehead atoms. The van der Waals surface area contributed by atoms with Crippen molar-refractivity contribution in [1.29, 1.82) is 0 Å². The van der Waals surface area contributed by atoms with E-state index in [0.717, 1.165) is 21.7 Å². The molecule has 144 valence electrons. The molecule has 2 aromatic carbocycles. The van der Waals surface area contributed by atoms with Crippen molar-refractivity contribution in [1.82, 2.24) is 14.9 Å². The van der Waals surface area contributed by atoms with Gasteiger partial charge in [0.2, 0.25) is 5.78 Å². The Morgan fingerprint density at radius 2 is 2.00 bits per heavy atom. The minimum absolute atomic E-state index is 0.0771. The topological polar surface area (TPSA) is 64.0 Å². The van der Waals surface area contributed by atoms with Gasteiger partial charge in [-0.25, -0.2) is 9.37 Å². The minimum Gasteiger partial charge on any atom is -0.350 e. The summed E-state index contributed by atoms with van der Waals surface area (Å²) in [5.74, 6) is -0.0782. The summed E-state index contributed by atoms with van der Waals surface area (Å²) in [4.78, 5) is 31.1. The number of halogens is 1. The third kappa shape index (κ3) is 3.03. The largest absolute Gasteiger partial charge is 0.350 e. The van der Waals surface area contributed by atoms with Gasteiger partial charge in [-0.3, -0.25) is 9.59 Å². The second-order valence-electron chi connectivity index (χ2n) is 6.86. The highest BCUT2D eigenvalue weighted by Gasteiger charge is 2.22. The zero-order valence-electron chi connectivity index (χ0n) is 15.3. The average Bonchev–Trinajstić information content (AvgIpc) is 3.28. The van der Waals surface area contributed by atoms with Crippen LogP contribution in [-0.4, -0.2) is 27.8 Å². The Balaban J connectivity index is 1.49. The molecule has 7 heteroatoms. The number of carbonyl (C=O) groups is 2. The molecule has 1 amide bonds. The Labute approximate surface area is 169 Å². The lowest BCUT2D eigenvalue weighted by Gasteiger charge is -2.06. The lowest BCUT2D eigenvalue weighted by Crippen LogP contribution is -2.24. The number of ketones is 1. The highest BCUT2D eigenvalue weighted by Crippen LogP contribution is 2.27. The zero-order chi connectivity index (χ0) is 20.0. The van der Waals surface area contributed by atoms with Crippen LogP contribution in [0.15, 0.2) is 54.6 Å². The van der Waals surface area contributed by atoms with E-state index in [-0.39, 0.29) is 17.3 Å². The Morgan fingerprint density at radius 1 is 1.14 bits per heavy atom. The number of nitrogens with zero attached hydrogens (tertiary/aromatic N) is 2. The molecule has 2 aromatic heterocycles. The van der Waals surface area contributed by atoms with Crippen molar-refractivity contribution in [2.45, 2.75) is 13.0 Å². The van der Waals surface area contributed by atoms with Crippen molar-refractivity contribution >= 4 is 34.1 Å². The van der Waals surface area contributed by atoms with Crippen molar-refractivity contribution in [3.63, 3.8) is 0 Å². The number of carbonyl (C=O) groups excluding carboxylic acids is 2. The molecule has 1 N–H and O–H groups in total. The maximum absolute atomic E-state index is 13.9. The monoisotopic (exact) mass is 405 g/mol. The molecule has 29 heavy (non-hydrogen) atoms. The van der Waals surface area contributed by atoms with E-state index in [1.54, 1.807) is 24.3 Å². The maximum Gasteiger partial charge on any atom is 0.253 e. The molecular formula is C22H16FN3O2S. The summed E-state index contributed by atoms with van der Waals surface area (Å²) >= 11 is 1.34. The van der Waals surface area contributed by atoms with Crippen LogP contribution in [-0.2, 0) is 13.0 Å². The predicted octanol–water partition coefficient (Wildman–Crippen LogP) is 3.80. The van der Waals surface area contributed by atoms with Crippen molar-refractivity contribution in [3.8, 4) is 0 Å². The van der Waals surface area contributed by atoms with Crippen molar-refractivity contribution < 1.29 is 14.0 Å². The summed E-state index contributed by atoms with van der Waals surface area (Å²) in [6, 6.07) is 15.2. The molecule has 0 atom stereocenters. The number of nitrogens with one attached hydrogen (secondary N) is 1. The van der Waals surface area contributed by atoms with Crippen LogP contribution in [0.25, 0.3) is 11.0 Å². The van der Waals surface area contributed by atoms with Crippen LogP contribution >= 0.6 is 11.3 Å². The van der Waals surface area contributed by atoms with E-state index in [4.69, 9.17) is 4.98 Å². The SMILES string of the molecule is O=C(c1ccc(Cc2nc3cccc4c3n2CCNC4=O)s1)c1ccccc1F. The first-order valence-corrected chi connectivity index (χ1v) is 10.1. The highest BCUT2D eigenvalue weighted by atomic mass is 32.1. The van der Waals surface area contributed by atoms with Crippen molar-refractivity contribution in [2.75, 3.05) is 6.54 Å². The van der Waals surface area contributed by atoms with Crippen LogP contribution in [0.2, 0.25) is 0 Å². The van der Waals surface area contributed by atoms with Crippen LogP contribution < -0.4 is 5.32 Å². The summed E-state index contributed by atoms with van der Waals surface area (Å²) in [6.45, 7) is 1.18. The van der Waals surface area contributed by atoms with Gasteiger partial charge in [-0.2, -0.15) is 0 Å². The fourth-order valence-electron chi connectivity index (χ4n) is 3.70. The van der Waals surface area contributed by atoms with E-state index in [1.807, 2.05) is 18.2 Å². The first-order valence-electron chi connectivity index (χ1n) is 9.26. The Morgan fingerprint density at radius 3 is 2.86 bits per heavy atom. The third-order valence-electron chi connectivity index (χ3n) is 5.05. The number of para-hydroxylation sites is 1. The molecule has 0 fully saturated rings. The first-order chi connectivity index (χ1) is 14.1. The minimum atomic E-state index is -0.516. The predicted molar refractivity (Wildman–Crippen MR) is 109 cm³/mol. The molecule has 0 saturated carbocycles. The Hall–Kier alpha value is -3.32. The van der Waals surface area contributed by atoms with Crippen LogP contribution in [0.1, 0.15) is 36.3 Å². The molecule has 3 heterocycles. The van der Waals surface area contributed by atoms with Gasteiger partial charge in [0, 0.05) is 24.4 Å². The van der Waals surface area contributed by atoms with Gasteiger partial charge in [-0.15, -0.1) is 11.3 Å². The van der Waals surface area contributed by atoms with Crippen molar-refractivity contribution in [3.05, 3.63) is 87.1 Å². The fraction of sp³-hybridized carbons (Fsp3) is 0.136. The number of aromatic nitrogens is 2. The molecule has 0 spiro atoms. The second-order valence-corrected chi connectivity index (χ2v) is 8.03. The number of hydrogen-bond acceptors (Lipinski definition) is 4. The number of thiophene rings is 1. The normalized spacial score (nSPS) is 13.3. The van der Waals surface area contributed by atoms with Gasteiger partial charge >= 0.3 is 0 Å². The molecule has 0 radical (unpaired) electrons. The maximum atomic E-state index is 13.9. The zero-order valence-corrected chi connectivity index (χ0v) is 16.1. The molecule has 0 unspecified atom stereocenters. The standard InChI is InChI=1S/C22H16FN3O2S/c23-16-6-2-1-4-14(16)21(27)18-9-8-13(29-18)12-19-25-17-7-3-5-15-20(17)26(19)11-10-24-22(15)28/h1-9H,10-12H2,(H,24,28). The van der Waals surface area contributed by atoms with E-state index in [9.17, 15) is 14.0 Å². The van der Waals surface area contributed by atoms with Gasteiger partial charge in [-0.1, -0.05) is 18.2 Å². The molecular weight excluding hydrogens is 389 g/mol. The van der Waals surface area contributed by atoms with Crippen molar-refractivity contribution in [2.24, 2.45) is 0 Å². The summed E-state index contributed by atoms with van der Waals surface area (Å²) in [6.07, 6.45) is 0.539. The third-order valence-corrected chi connectivity index (χ3v) is 6.13. The smallest absolute Gasteiger partial charge is 0.253 e. The van der Waals surface area contributed by atoms with E-state index in [0.29, 0.717) is 30.0 Å². The molecule has 4 aromatic rings. The molecule has 1 aliphatic rings. The summed E-state index contributed by atoms with van der Waals surface area (Å²) in [5, 5.41) is 2.91. The Kier molecular flexibility index (Phi) is 4.24. The molecule has 0 aliphatic carbocycles.